The molecule has 0 aliphatic heterocycles. The van der Waals surface area contributed by atoms with E-state index in [9.17, 15) is 9.13 Å². The molecular formula is C42H42O8P2. The quantitative estimate of drug-likeness (QED) is 0.115. The minimum Gasteiger partial charge on any atom is -0.385 e. The first kappa shape index (κ1) is 36.6. The van der Waals surface area contributed by atoms with E-state index in [0.29, 0.717) is 33.8 Å². The third kappa shape index (κ3) is 7.84. The zero-order valence-electron chi connectivity index (χ0n) is 30.6. The summed E-state index contributed by atoms with van der Waals surface area (Å²) in [5, 5.41) is 1.00. The Bertz CT molecular complexity index is 2020. The molecule has 0 saturated carbocycles. The minimum absolute atomic E-state index is 0.199. The highest BCUT2D eigenvalue weighted by atomic mass is 31.2. The standard InChI is InChI=1S/C42H42O8P2/c1-27-15-11-16-28(2)39(27)47-51(43,48-40-29(3)17-12-18-30(40)4)45-37-25-26-38(36-24-10-9-23-35(36)37)46-52(44,49-41-31(5)19-13-20-32(41)6)50-42-33(7)21-14-22-34(42)8/h9-26H,1-8H3. The third-order valence-corrected chi connectivity index (χ3v) is 11.2. The summed E-state index contributed by atoms with van der Waals surface area (Å²) in [5.41, 5.74) is 6.16. The summed E-state index contributed by atoms with van der Waals surface area (Å²) in [7, 11) is -8.82. The van der Waals surface area contributed by atoms with Gasteiger partial charge in [-0.15, -0.1) is 0 Å². The second kappa shape index (κ2) is 14.8. The van der Waals surface area contributed by atoms with Crippen LogP contribution in [0.15, 0.2) is 109 Å². The summed E-state index contributed by atoms with van der Waals surface area (Å²) >= 11 is 0. The Kier molecular flexibility index (Phi) is 10.4. The van der Waals surface area contributed by atoms with Crippen molar-refractivity contribution < 1.29 is 36.3 Å². The number of aryl methyl sites for hydroxylation is 8. The molecule has 0 atom stereocenters. The Labute approximate surface area is 305 Å². The molecular weight excluding hydrogens is 694 g/mol. The predicted molar refractivity (Wildman–Crippen MR) is 207 cm³/mol. The second-order valence-electron chi connectivity index (χ2n) is 12.9. The lowest BCUT2D eigenvalue weighted by Gasteiger charge is -2.25. The normalized spacial score (nSPS) is 11.6. The van der Waals surface area contributed by atoms with Crippen LogP contribution in [0.3, 0.4) is 0 Å². The summed E-state index contributed by atoms with van der Waals surface area (Å²) in [6.45, 7) is 14.9. The lowest BCUT2D eigenvalue weighted by Crippen LogP contribution is -2.11. The molecule has 0 aliphatic rings. The van der Waals surface area contributed by atoms with Crippen molar-refractivity contribution in [3.05, 3.63) is 154 Å². The SMILES string of the molecule is Cc1cccc(C)c1OP(=O)(Oc1c(C)cccc1C)Oc1ccc(OP(=O)(Oc2c(C)cccc2C)Oc2c(C)cccc2C)c2ccccc12. The van der Waals surface area contributed by atoms with Crippen LogP contribution < -0.4 is 27.1 Å². The van der Waals surface area contributed by atoms with Crippen LogP contribution in [-0.4, -0.2) is 0 Å². The van der Waals surface area contributed by atoms with E-state index in [2.05, 4.69) is 0 Å². The topological polar surface area (TPSA) is 89.5 Å². The van der Waals surface area contributed by atoms with Gasteiger partial charge < -0.3 is 27.1 Å². The Balaban J connectivity index is 1.43. The number of hydrogen-bond donors (Lipinski definition) is 0. The Morgan fingerprint density at radius 3 is 0.769 bits per heavy atom. The van der Waals surface area contributed by atoms with Gasteiger partial charge in [0.05, 0.1) is 0 Å². The highest BCUT2D eigenvalue weighted by molar-refractivity contribution is 7.50. The van der Waals surface area contributed by atoms with E-state index in [1.807, 2.05) is 140 Å². The molecule has 0 fully saturated rings. The van der Waals surface area contributed by atoms with Crippen LogP contribution in [0.1, 0.15) is 44.5 Å². The predicted octanol–water partition coefficient (Wildman–Crippen LogP) is 12.6. The summed E-state index contributed by atoms with van der Waals surface area (Å²) in [5.74, 6) is 1.99. The second-order valence-corrected chi connectivity index (χ2v) is 15.8. The van der Waals surface area contributed by atoms with Crippen LogP contribution in [0.4, 0.5) is 0 Å². The van der Waals surface area contributed by atoms with Gasteiger partial charge >= 0.3 is 15.6 Å². The van der Waals surface area contributed by atoms with Crippen LogP contribution in [0.2, 0.25) is 0 Å². The van der Waals surface area contributed by atoms with Gasteiger partial charge in [0.25, 0.3) is 0 Å². The van der Waals surface area contributed by atoms with Gasteiger partial charge in [0.1, 0.15) is 34.5 Å². The molecule has 0 N–H and O–H groups in total. The molecule has 8 nitrogen and oxygen atoms in total. The Hall–Kier alpha value is -5.16. The maximum absolute atomic E-state index is 14.8. The minimum atomic E-state index is -4.41. The van der Waals surface area contributed by atoms with Gasteiger partial charge in [-0.05, 0) is 112 Å². The van der Waals surface area contributed by atoms with Crippen molar-refractivity contribution in [1.29, 1.82) is 0 Å². The molecule has 6 aromatic rings. The molecule has 0 bridgehead atoms. The van der Waals surface area contributed by atoms with Gasteiger partial charge in [-0.1, -0.05) is 97.1 Å². The van der Waals surface area contributed by atoms with Crippen molar-refractivity contribution in [1.82, 2.24) is 0 Å². The van der Waals surface area contributed by atoms with Gasteiger partial charge in [-0.3, -0.25) is 0 Å². The summed E-state index contributed by atoms with van der Waals surface area (Å²) < 4.78 is 67.1. The van der Waals surface area contributed by atoms with E-state index in [0.717, 1.165) is 44.5 Å². The van der Waals surface area contributed by atoms with Crippen LogP contribution in [0, 0.1) is 55.4 Å². The summed E-state index contributed by atoms with van der Waals surface area (Å²) in [4.78, 5) is 0. The van der Waals surface area contributed by atoms with Gasteiger partial charge in [0.2, 0.25) is 0 Å². The van der Waals surface area contributed by atoms with Crippen LogP contribution in [-0.2, 0) is 9.13 Å². The van der Waals surface area contributed by atoms with Crippen LogP contribution >= 0.6 is 15.6 Å². The van der Waals surface area contributed by atoms with Gasteiger partial charge in [0, 0.05) is 10.8 Å². The molecule has 0 spiro atoms. The highest BCUT2D eigenvalue weighted by Gasteiger charge is 2.38. The first-order valence-corrected chi connectivity index (χ1v) is 19.8. The summed E-state index contributed by atoms with van der Waals surface area (Å²) in [6, 6.07) is 32.9. The fraction of sp³-hybridized carbons (Fsp3) is 0.190. The van der Waals surface area contributed by atoms with Crippen molar-refractivity contribution in [3.8, 4) is 34.5 Å². The smallest absolute Gasteiger partial charge is 0.385 e. The number of fused-ring (bicyclic) bond motifs is 1. The third-order valence-electron chi connectivity index (χ3n) is 8.71. The zero-order valence-corrected chi connectivity index (χ0v) is 32.3. The molecule has 268 valence electrons. The van der Waals surface area contributed by atoms with Crippen molar-refractivity contribution in [2.75, 3.05) is 0 Å². The molecule has 0 saturated heterocycles. The number of hydrogen-bond acceptors (Lipinski definition) is 8. The van der Waals surface area contributed by atoms with Crippen LogP contribution in [0.25, 0.3) is 10.8 Å². The fourth-order valence-corrected chi connectivity index (χ4v) is 9.05. The number of phosphoric acid groups is 2. The van der Waals surface area contributed by atoms with Gasteiger partial charge in [0.15, 0.2) is 0 Å². The molecule has 0 amide bonds. The molecule has 10 heteroatoms. The Morgan fingerprint density at radius 1 is 0.308 bits per heavy atom. The molecule has 6 rings (SSSR count). The largest absolute Gasteiger partial charge is 0.647 e. The van der Waals surface area contributed by atoms with E-state index in [4.69, 9.17) is 27.1 Å². The van der Waals surface area contributed by atoms with Crippen molar-refractivity contribution in [3.63, 3.8) is 0 Å². The average molecular weight is 737 g/mol. The molecule has 0 radical (unpaired) electrons. The zero-order chi connectivity index (χ0) is 37.2. The van der Waals surface area contributed by atoms with E-state index < -0.39 is 15.6 Å². The number of para-hydroxylation sites is 4. The van der Waals surface area contributed by atoms with Crippen molar-refractivity contribution in [2.45, 2.75) is 55.4 Å². The first-order chi connectivity index (χ1) is 24.8. The lowest BCUT2D eigenvalue weighted by atomic mass is 10.1. The van der Waals surface area contributed by atoms with E-state index in [1.165, 1.54) is 0 Å². The molecule has 0 heterocycles. The van der Waals surface area contributed by atoms with Crippen molar-refractivity contribution in [2.24, 2.45) is 0 Å². The summed E-state index contributed by atoms with van der Waals surface area (Å²) in [6.07, 6.45) is 0. The Morgan fingerprint density at radius 2 is 0.538 bits per heavy atom. The fourth-order valence-electron chi connectivity index (χ4n) is 5.98. The maximum Gasteiger partial charge on any atom is 0.647 e. The van der Waals surface area contributed by atoms with E-state index in [1.54, 1.807) is 24.3 Å². The molecule has 0 aliphatic carbocycles. The van der Waals surface area contributed by atoms with Gasteiger partial charge in [-0.2, -0.15) is 9.13 Å². The number of benzene rings is 6. The molecule has 0 unspecified atom stereocenters. The number of rotatable bonds is 12. The molecule has 0 aromatic heterocycles. The maximum atomic E-state index is 14.8. The monoisotopic (exact) mass is 736 g/mol. The molecule has 52 heavy (non-hydrogen) atoms. The van der Waals surface area contributed by atoms with E-state index >= 15 is 0 Å². The average Bonchev–Trinajstić information content (AvgIpc) is 3.10. The number of phosphoric ester groups is 2. The van der Waals surface area contributed by atoms with E-state index in [-0.39, 0.29) is 11.5 Å². The van der Waals surface area contributed by atoms with Crippen LogP contribution in [0.5, 0.6) is 34.5 Å². The van der Waals surface area contributed by atoms with Crippen molar-refractivity contribution >= 4 is 26.4 Å². The molecule has 6 aromatic carbocycles. The van der Waals surface area contributed by atoms with Gasteiger partial charge in [-0.25, -0.2) is 0 Å². The first-order valence-electron chi connectivity index (χ1n) is 16.9. The highest BCUT2D eigenvalue weighted by Crippen LogP contribution is 2.56. The lowest BCUT2D eigenvalue weighted by molar-refractivity contribution is 0.293.